The molecule has 0 aromatic heterocycles. The van der Waals surface area contributed by atoms with Crippen LogP contribution in [0.3, 0.4) is 0 Å². The Morgan fingerprint density at radius 1 is 1.12 bits per heavy atom. The van der Waals surface area contributed by atoms with Gasteiger partial charge in [-0.05, 0) is 54.5 Å². The number of rotatable bonds is 6. The molecule has 2 aromatic rings. The minimum absolute atomic E-state index is 0.0364. The quantitative estimate of drug-likeness (QED) is 0.313. The molecule has 4 N–H and O–H groups in total. The molecule has 7 nitrogen and oxygen atoms in total. The van der Waals surface area contributed by atoms with E-state index in [9.17, 15) is 32.3 Å². The molecule has 0 radical (unpaired) electrons. The molecular weight excluding hydrogens is 542 g/mol. The molecule has 4 rings (SSSR count). The lowest BCUT2D eigenvalue weighted by Gasteiger charge is -2.25. The normalized spacial score (nSPS) is 24.2. The van der Waals surface area contributed by atoms with Gasteiger partial charge in [-0.3, -0.25) is 9.59 Å². The van der Waals surface area contributed by atoms with Gasteiger partial charge in [-0.15, -0.1) is 12.3 Å². The largest absolute Gasteiger partial charge is 0.493 e. The number of halogens is 4. The third kappa shape index (κ3) is 8.21. The molecule has 11 heteroatoms. The summed E-state index contributed by atoms with van der Waals surface area (Å²) < 4.78 is 59.3. The maximum Gasteiger partial charge on any atom is 0.416 e. The zero-order valence-electron chi connectivity index (χ0n) is 22.3. The standard InChI is InChI=1S/C30H33F4N3O4/c1-2-6-23-26-27(23)29(40)37-24(25(38)17-35-16-18-7-5-8-20(11-18)30(32,33)34)14-19-12-21(31)15-22(13-19)41-10-4-3-9-36-28(26)39/h1,5,7-8,11-13,15,23-27,35,38H,3-4,6,9-10,14,16-17H2,(H,36,39)(H,37,40). The summed E-state index contributed by atoms with van der Waals surface area (Å²) in [4.78, 5) is 26.1. The number of aliphatic hydroxyl groups is 1. The maximum atomic E-state index is 14.4. The van der Waals surface area contributed by atoms with Gasteiger partial charge in [0.1, 0.15) is 11.6 Å². The molecule has 2 aromatic carbocycles. The highest BCUT2D eigenvalue weighted by molar-refractivity contribution is 5.93. The van der Waals surface area contributed by atoms with Crippen molar-refractivity contribution in [1.82, 2.24) is 16.0 Å². The van der Waals surface area contributed by atoms with Crippen molar-refractivity contribution >= 4 is 11.8 Å². The van der Waals surface area contributed by atoms with Crippen molar-refractivity contribution in [3.8, 4) is 18.1 Å². The topological polar surface area (TPSA) is 99.7 Å². The van der Waals surface area contributed by atoms with Gasteiger partial charge in [0.15, 0.2) is 0 Å². The Labute approximate surface area is 236 Å². The number of benzene rings is 2. The number of fused-ring (bicyclic) bond motifs is 3. The van der Waals surface area contributed by atoms with Crippen molar-refractivity contribution in [2.45, 2.75) is 50.6 Å². The molecule has 1 saturated carbocycles. The van der Waals surface area contributed by atoms with Crippen LogP contribution in [0.4, 0.5) is 17.6 Å². The van der Waals surface area contributed by atoms with Gasteiger partial charge < -0.3 is 25.8 Å². The summed E-state index contributed by atoms with van der Waals surface area (Å²) in [6.45, 7) is 0.660. The Balaban J connectivity index is 1.51. The fourth-order valence-electron chi connectivity index (χ4n) is 5.23. The van der Waals surface area contributed by atoms with E-state index in [2.05, 4.69) is 21.9 Å². The molecule has 220 valence electrons. The lowest BCUT2D eigenvalue weighted by atomic mass is 10.00. The summed E-state index contributed by atoms with van der Waals surface area (Å²) >= 11 is 0. The molecule has 1 aliphatic carbocycles. The van der Waals surface area contributed by atoms with Crippen molar-refractivity contribution in [2.75, 3.05) is 19.7 Å². The van der Waals surface area contributed by atoms with Crippen molar-refractivity contribution in [3.05, 3.63) is 65.0 Å². The summed E-state index contributed by atoms with van der Waals surface area (Å²) in [5.41, 5.74) is 0.0559. The number of carbonyl (C=O) groups is 2. The number of hydrogen-bond acceptors (Lipinski definition) is 5. The first-order valence-corrected chi connectivity index (χ1v) is 13.6. The summed E-state index contributed by atoms with van der Waals surface area (Å²) in [5.74, 6) is -0.0286. The fraction of sp³-hybridized carbons (Fsp3) is 0.467. The highest BCUT2D eigenvalue weighted by Crippen LogP contribution is 2.49. The van der Waals surface area contributed by atoms with Gasteiger partial charge in [0.25, 0.3) is 0 Å². The van der Waals surface area contributed by atoms with Gasteiger partial charge in [-0.1, -0.05) is 18.2 Å². The van der Waals surface area contributed by atoms with Crippen LogP contribution < -0.4 is 20.7 Å². The van der Waals surface area contributed by atoms with Crippen LogP contribution >= 0.6 is 0 Å². The number of hydrogen-bond donors (Lipinski definition) is 4. The van der Waals surface area contributed by atoms with Gasteiger partial charge in [0.05, 0.1) is 36.2 Å². The molecule has 0 saturated heterocycles. The number of carbonyl (C=O) groups excluding carboxylic acids is 2. The van der Waals surface area contributed by atoms with E-state index in [0.29, 0.717) is 42.9 Å². The third-order valence-electron chi connectivity index (χ3n) is 7.38. The Morgan fingerprint density at radius 2 is 1.90 bits per heavy atom. The molecule has 41 heavy (non-hydrogen) atoms. The van der Waals surface area contributed by atoms with E-state index >= 15 is 0 Å². The highest BCUT2D eigenvalue weighted by atomic mass is 19.4. The van der Waals surface area contributed by atoms with Gasteiger partial charge in [-0.25, -0.2) is 4.39 Å². The van der Waals surface area contributed by atoms with Crippen LogP contribution in [-0.2, 0) is 28.7 Å². The summed E-state index contributed by atoms with van der Waals surface area (Å²) in [5, 5.41) is 19.7. The molecule has 5 atom stereocenters. The second kappa shape index (κ2) is 13.4. The van der Waals surface area contributed by atoms with Crippen molar-refractivity contribution < 1.29 is 37.0 Å². The van der Waals surface area contributed by atoms with Crippen LogP contribution in [-0.4, -0.2) is 48.8 Å². The van der Waals surface area contributed by atoms with Crippen molar-refractivity contribution in [1.29, 1.82) is 0 Å². The van der Waals surface area contributed by atoms with Crippen LogP contribution in [0.5, 0.6) is 5.75 Å². The van der Waals surface area contributed by atoms with E-state index < -0.39 is 47.4 Å². The number of alkyl halides is 3. The first-order valence-electron chi connectivity index (χ1n) is 13.6. The van der Waals surface area contributed by atoms with E-state index in [-0.39, 0.29) is 37.8 Å². The highest BCUT2D eigenvalue weighted by Gasteiger charge is 2.58. The summed E-state index contributed by atoms with van der Waals surface area (Å²) in [7, 11) is 0. The number of terminal acetylenes is 1. The van der Waals surface area contributed by atoms with Crippen LogP contribution in [0, 0.1) is 35.9 Å². The smallest absolute Gasteiger partial charge is 0.416 e. The van der Waals surface area contributed by atoms with Gasteiger partial charge in [0.2, 0.25) is 11.8 Å². The predicted molar refractivity (Wildman–Crippen MR) is 143 cm³/mol. The number of aliphatic hydroxyl groups excluding tert-OH is 1. The Hall–Kier alpha value is -3.62. The van der Waals surface area contributed by atoms with E-state index in [1.165, 1.54) is 24.3 Å². The Morgan fingerprint density at radius 3 is 2.66 bits per heavy atom. The predicted octanol–water partition coefficient (Wildman–Crippen LogP) is 3.20. The van der Waals surface area contributed by atoms with Crippen molar-refractivity contribution in [3.63, 3.8) is 0 Å². The fourth-order valence-corrected chi connectivity index (χ4v) is 5.23. The molecule has 0 spiro atoms. The molecule has 1 aliphatic heterocycles. The van der Waals surface area contributed by atoms with E-state index in [4.69, 9.17) is 11.2 Å². The zero-order valence-corrected chi connectivity index (χ0v) is 22.3. The molecule has 5 unspecified atom stereocenters. The van der Waals surface area contributed by atoms with Gasteiger partial charge in [0, 0.05) is 32.1 Å². The van der Waals surface area contributed by atoms with Crippen molar-refractivity contribution in [2.24, 2.45) is 17.8 Å². The van der Waals surface area contributed by atoms with Gasteiger partial charge in [-0.2, -0.15) is 13.2 Å². The molecule has 2 aliphatic rings. The third-order valence-corrected chi connectivity index (χ3v) is 7.38. The first kappa shape index (κ1) is 30.3. The second-order valence-corrected chi connectivity index (χ2v) is 10.5. The molecule has 1 heterocycles. The van der Waals surface area contributed by atoms with Crippen LogP contribution in [0.25, 0.3) is 0 Å². The summed E-state index contributed by atoms with van der Waals surface area (Å²) in [6, 6.07) is 8.08. The Bertz CT molecular complexity index is 1280. The minimum Gasteiger partial charge on any atom is -0.493 e. The molecular formula is C30H33F4N3O4. The molecule has 2 amide bonds. The Kier molecular flexibility index (Phi) is 9.89. The number of amides is 2. The van der Waals surface area contributed by atoms with Crippen LogP contribution in [0.15, 0.2) is 42.5 Å². The molecule has 2 bridgehead atoms. The van der Waals surface area contributed by atoms with Crippen LogP contribution in [0.2, 0.25) is 0 Å². The second-order valence-electron chi connectivity index (χ2n) is 10.5. The summed E-state index contributed by atoms with van der Waals surface area (Å²) in [6.07, 6.45) is 1.32. The first-order chi connectivity index (χ1) is 19.6. The molecule has 1 fully saturated rings. The van der Waals surface area contributed by atoms with Crippen LogP contribution in [0.1, 0.15) is 36.0 Å². The van der Waals surface area contributed by atoms with E-state index in [1.807, 2.05) is 0 Å². The van der Waals surface area contributed by atoms with E-state index in [0.717, 1.165) is 12.1 Å². The average Bonchev–Trinajstić information content (AvgIpc) is 3.63. The SMILES string of the molecule is C#CCC1C2C(=O)NCCCCOc3cc(F)cc(c3)CC(C(O)CNCc3cccc(C(F)(F)F)c3)NC(=O)C12. The maximum absolute atomic E-state index is 14.4. The monoisotopic (exact) mass is 575 g/mol. The van der Waals surface area contributed by atoms with Gasteiger partial charge >= 0.3 is 6.18 Å². The van der Waals surface area contributed by atoms with E-state index in [1.54, 1.807) is 6.07 Å². The minimum atomic E-state index is -4.48. The zero-order chi connectivity index (χ0) is 29.6. The number of nitrogens with one attached hydrogen (secondary N) is 3. The lowest BCUT2D eigenvalue weighted by Crippen LogP contribution is -2.49. The number of ether oxygens (including phenoxy) is 1. The average molecular weight is 576 g/mol. The lowest BCUT2D eigenvalue weighted by molar-refractivity contribution is -0.137.